The fraction of sp³-hybridized carbons (Fsp3) is 0.385. The molecule has 0 spiro atoms. The van der Waals surface area contributed by atoms with E-state index in [0.717, 1.165) is 5.56 Å². The van der Waals surface area contributed by atoms with Crippen LogP contribution in [0.2, 0.25) is 5.02 Å². The third kappa shape index (κ3) is 2.33. The van der Waals surface area contributed by atoms with E-state index in [1.807, 2.05) is 13.0 Å². The molecule has 2 rings (SSSR count). The van der Waals surface area contributed by atoms with E-state index in [1.165, 1.54) is 0 Å². The number of rotatable bonds is 1. The molecule has 4 nitrogen and oxygen atoms in total. The number of piperazine rings is 1. The number of carbonyl (C=O) groups excluding carboxylic acids is 1. The summed E-state index contributed by atoms with van der Waals surface area (Å²) in [6.45, 7) is 3.60. The molecule has 1 aromatic carbocycles. The van der Waals surface area contributed by atoms with Gasteiger partial charge >= 0.3 is 0 Å². The molecule has 0 aromatic heterocycles. The first kappa shape index (κ1) is 12.9. The van der Waals surface area contributed by atoms with E-state index in [9.17, 15) is 4.79 Å². The maximum absolute atomic E-state index is 12.4. The second-order valence-corrected chi connectivity index (χ2v) is 4.66. The van der Waals surface area contributed by atoms with E-state index in [2.05, 4.69) is 11.4 Å². The average molecular weight is 264 g/mol. The van der Waals surface area contributed by atoms with Crippen molar-refractivity contribution < 1.29 is 4.79 Å². The lowest BCUT2D eigenvalue weighted by molar-refractivity contribution is 0.0687. The van der Waals surface area contributed by atoms with Crippen LogP contribution in [0.4, 0.5) is 0 Å². The maximum atomic E-state index is 12.4. The molecule has 0 bridgehead atoms. The van der Waals surface area contributed by atoms with Crippen LogP contribution in [0.15, 0.2) is 18.2 Å². The zero-order valence-electron chi connectivity index (χ0n) is 10.1. The Kier molecular flexibility index (Phi) is 3.85. The van der Waals surface area contributed by atoms with Crippen molar-refractivity contribution in [3.63, 3.8) is 0 Å². The number of nitrogens with zero attached hydrogens (tertiary/aromatic N) is 2. The Morgan fingerprint density at radius 1 is 1.61 bits per heavy atom. The molecule has 1 aliphatic heterocycles. The second kappa shape index (κ2) is 5.38. The Labute approximate surface area is 111 Å². The molecular formula is C13H14ClN3O. The minimum atomic E-state index is -0.428. The first-order chi connectivity index (χ1) is 8.65. The number of nitriles is 1. The van der Waals surface area contributed by atoms with Gasteiger partial charge in [-0.15, -0.1) is 0 Å². The normalized spacial score (nSPS) is 19.4. The first-order valence-electron chi connectivity index (χ1n) is 5.81. The molecular weight excluding hydrogens is 250 g/mol. The van der Waals surface area contributed by atoms with E-state index in [4.69, 9.17) is 16.9 Å². The van der Waals surface area contributed by atoms with Gasteiger partial charge in [-0.3, -0.25) is 4.79 Å². The van der Waals surface area contributed by atoms with Crippen LogP contribution in [0.5, 0.6) is 0 Å². The van der Waals surface area contributed by atoms with Crippen LogP contribution in [-0.4, -0.2) is 36.5 Å². The Balaban J connectivity index is 2.30. The van der Waals surface area contributed by atoms with E-state index >= 15 is 0 Å². The Bertz CT molecular complexity index is 509. The largest absolute Gasteiger partial charge is 0.320 e. The summed E-state index contributed by atoms with van der Waals surface area (Å²) in [5, 5.41) is 12.6. The molecule has 1 saturated heterocycles. The van der Waals surface area contributed by atoms with Crippen LogP contribution in [0.1, 0.15) is 15.9 Å². The van der Waals surface area contributed by atoms with Crippen LogP contribution in [0.3, 0.4) is 0 Å². The van der Waals surface area contributed by atoms with E-state index in [1.54, 1.807) is 17.0 Å². The highest BCUT2D eigenvalue weighted by molar-refractivity contribution is 6.34. The Morgan fingerprint density at radius 3 is 3.11 bits per heavy atom. The lowest BCUT2D eigenvalue weighted by atomic mass is 10.1. The number of nitrogens with one attached hydrogen (secondary N) is 1. The summed E-state index contributed by atoms with van der Waals surface area (Å²) in [5.41, 5.74) is 1.34. The number of carbonyl (C=O) groups is 1. The molecule has 5 heteroatoms. The quantitative estimate of drug-likeness (QED) is 0.837. The molecule has 18 heavy (non-hydrogen) atoms. The van der Waals surface area contributed by atoms with Crippen molar-refractivity contribution >= 4 is 17.5 Å². The zero-order valence-corrected chi connectivity index (χ0v) is 10.9. The van der Waals surface area contributed by atoms with Crippen LogP contribution >= 0.6 is 11.6 Å². The van der Waals surface area contributed by atoms with Gasteiger partial charge in [0.05, 0.1) is 16.7 Å². The molecule has 1 aromatic rings. The van der Waals surface area contributed by atoms with Crippen LogP contribution in [-0.2, 0) is 0 Å². The monoisotopic (exact) mass is 263 g/mol. The number of halogens is 1. The molecule has 1 atom stereocenters. The van der Waals surface area contributed by atoms with Crippen LogP contribution in [0, 0.1) is 18.3 Å². The van der Waals surface area contributed by atoms with Gasteiger partial charge in [0.1, 0.15) is 6.04 Å². The van der Waals surface area contributed by atoms with E-state index < -0.39 is 6.04 Å². The maximum Gasteiger partial charge on any atom is 0.256 e. The molecule has 1 heterocycles. The smallest absolute Gasteiger partial charge is 0.256 e. The highest BCUT2D eigenvalue weighted by Crippen LogP contribution is 2.22. The Hall–Kier alpha value is -1.57. The van der Waals surface area contributed by atoms with Gasteiger partial charge in [0, 0.05) is 19.6 Å². The molecule has 1 unspecified atom stereocenters. The lowest BCUT2D eigenvalue weighted by Crippen LogP contribution is -2.53. The number of hydrogen-bond acceptors (Lipinski definition) is 3. The van der Waals surface area contributed by atoms with E-state index in [-0.39, 0.29) is 5.91 Å². The van der Waals surface area contributed by atoms with Crippen LogP contribution < -0.4 is 5.32 Å². The lowest BCUT2D eigenvalue weighted by Gasteiger charge is -2.32. The average Bonchev–Trinajstić information content (AvgIpc) is 2.41. The summed E-state index contributed by atoms with van der Waals surface area (Å²) in [4.78, 5) is 14.0. The van der Waals surface area contributed by atoms with Gasteiger partial charge in [0.15, 0.2) is 0 Å². The fourth-order valence-electron chi connectivity index (χ4n) is 2.03. The molecule has 1 fully saturated rings. The minimum absolute atomic E-state index is 0.170. The van der Waals surface area contributed by atoms with Crippen LogP contribution in [0.25, 0.3) is 0 Å². The third-order valence-electron chi connectivity index (χ3n) is 3.08. The highest BCUT2D eigenvalue weighted by Gasteiger charge is 2.28. The molecule has 0 saturated carbocycles. The Morgan fingerprint density at radius 2 is 2.39 bits per heavy atom. The fourth-order valence-corrected chi connectivity index (χ4v) is 2.24. The van der Waals surface area contributed by atoms with Gasteiger partial charge in [-0.1, -0.05) is 23.7 Å². The highest BCUT2D eigenvalue weighted by atomic mass is 35.5. The van der Waals surface area contributed by atoms with Crippen molar-refractivity contribution in [1.82, 2.24) is 10.2 Å². The van der Waals surface area contributed by atoms with E-state index in [0.29, 0.717) is 30.2 Å². The molecule has 1 amide bonds. The summed E-state index contributed by atoms with van der Waals surface area (Å²) >= 11 is 6.15. The standard InChI is InChI=1S/C13H14ClN3O/c1-9-3-2-4-11(12(9)14)13(18)17-6-5-16-8-10(17)7-15/h2-4,10,16H,5-6,8H2,1H3. The van der Waals surface area contributed by atoms with Gasteiger partial charge in [0.25, 0.3) is 5.91 Å². The van der Waals surface area contributed by atoms with Gasteiger partial charge in [-0.25, -0.2) is 0 Å². The number of aryl methyl sites for hydroxylation is 1. The predicted molar refractivity (Wildman–Crippen MR) is 69.5 cm³/mol. The van der Waals surface area contributed by atoms with Crippen molar-refractivity contribution in [3.05, 3.63) is 34.3 Å². The zero-order chi connectivity index (χ0) is 13.1. The minimum Gasteiger partial charge on any atom is -0.320 e. The van der Waals surface area contributed by atoms with Crippen molar-refractivity contribution in [1.29, 1.82) is 5.26 Å². The molecule has 0 radical (unpaired) electrons. The number of hydrogen-bond donors (Lipinski definition) is 1. The van der Waals surface area contributed by atoms with Crippen molar-refractivity contribution in [3.8, 4) is 6.07 Å². The predicted octanol–water partition coefficient (Wildman–Crippen LogP) is 1.59. The van der Waals surface area contributed by atoms with Gasteiger partial charge in [-0.05, 0) is 18.6 Å². The summed E-state index contributed by atoms with van der Waals surface area (Å²) < 4.78 is 0. The summed E-state index contributed by atoms with van der Waals surface area (Å²) in [7, 11) is 0. The second-order valence-electron chi connectivity index (χ2n) is 4.28. The van der Waals surface area contributed by atoms with Crippen molar-refractivity contribution in [2.45, 2.75) is 13.0 Å². The van der Waals surface area contributed by atoms with Gasteiger partial charge in [0.2, 0.25) is 0 Å². The van der Waals surface area contributed by atoms with Gasteiger partial charge < -0.3 is 10.2 Å². The molecule has 1 aliphatic rings. The van der Waals surface area contributed by atoms with Gasteiger partial charge in [-0.2, -0.15) is 5.26 Å². The third-order valence-corrected chi connectivity index (χ3v) is 3.58. The molecule has 94 valence electrons. The van der Waals surface area contributed by atoms with Crippen molar-refractivity contribution in [2.75, 3.05) is 19.6 Å². The summed E-state index contributed by atoms with van der Waals surface area (Å²) in [6.07, 6.45) is 0. The summed E-state index contributed by atoms with van der Waals surface area (Å²) in [5.74, 6) is -0.170. The first-order valence-corrected chi connectivity index (χ1v) is 6.19. The SMILES string of the molecule is Cc1cccc(C(=O)N2CCNCC2C#N)c1Cl. The topological polar surface area (TPSA) is 56.1 Å². The summed E-state index contributed by atoms with van der Waals surface area (Å²) in [6, 6.07) is 7.08. The molecule has 0 aliphatic carbocycles. The molecule has 1 N–H and O–H groups in total. The number of benzene rings is 1. The number of amides is 1. The van der Waals surface area contributed by atoms with Crippen molar-refractivity contribution in [2.24, 2.45) is 0 Å².